The molecule has 2 N–H and O–H groups in total. The first-order valence-electron chi connectivity index (χ1n) is 5.78. The van der Waals surface area contributed by atoms with Crippen molar-refractivity contribution >= 4 is 29.3 Å². The number of H-pyrrole nitrogens is 1. The molecule has 0 saturated carbocycles. The Balaban J connectivity index is 2.12. The second kappa shape index (κ2) is 5.75. The van der Waals surface area contributed by atoms with Crippen molar-refractivity contribution in [1.82, 2.24) is 4.98 Å². The van der Waals surface area contributed by atoms with E-state index in [9.17, 15) is 5.11 Å². The maximum Gasteiger partial charge on any atom is 0.209 e. The van der Waals surface area contributed by atoms with Gasteiger partial charge in [0.25, 0.3) is 0 Å². The van der Waals surface area contributed by atoms with Crippen molar-refractivity contribution in [3.05, 3.63) is 8.83 Å². The Kier molecular flexibility index (Phi) is 4.31. The fourth-order valence-electron chi connectivity index (χ4n) is 1.86. The lowest BCUT2D eigenvalue weighted by Crippen LogP contribution is -2.11. The second-order valence-corrected chi connectivity index (χ2v) is 5.66. The van der Waals surface area contributed by atoms with Gasteiger partial charge in [-0.2, -0.15) is 0 Å². The van der Waals surface area contributed by atoms with Crippen LogP contribution in [0, 0.1) is 3.95 Å². The first-order chi connectivity index (χ1) is 8.20. The van der Waals surface area contributed by atoms with Gasteiger partial charge in [-0.1, -0.05) is 18.3 Å². The zero-order valence-electron chi connectivity index (χ0n) is 9.73. The summed E-state index contributed by atoms with van der Waals surface area (Å²) in [4.78, 5) is 8.03. The minimum absolute atomic E-state index is 0.132. The minimum Gasteiger partial charge on any atom is -0.493 e. The zero-order chi connectivity index (χ0) is 12.3. The molecule has 1 aliphatic heterocycles. The number of aliphatic imine (C=N–C) groups is 1. The van der Waals surface area contributed by atoms with Crippen LogP contribution >= 0.6 is 23.6 Å². The molecule has 17 heavy (non-hydrogen) atoms. The summed E-state index contributed by atoms with van der Waals surface area (Å²) in [6.45, 7) is 3.54. The molecule has 0 bridgehead atoms. The average molecular weight is 272 g/mol. The van der Waals surface area contributed by atoms with Gasteiger partial charge in [0, 0.05) is 6.61 Å². The van der Waals surface area contributed by atoms with Crippen LogP contribution in [-0.4, -0.2) is 35.1 Å². The van der Waals surface area contributed by atoms with Crippen LogP contribution in [0.5, 0.6) is 5.88 Å². The van der Waals surface area contributed by atoms with E-state index in [1.54, 1.807) is 0 Å². The van der Waals surface area contributed by atoms with Crippen LogP contribution in [0.3, 0.4) is 0 Å². The third-order valence-electron chi connectivity index (χ3n) is 2.74. The Labute approximate surface area is 109 Å². The molecule has 1 atom stereocenters. The van der Waals surface area contributed by atoms with Gasteiger partial charge in [-0.25, -0.2) is 0 Å². The lowest BCUT2D eigenvalue weighted by Gasteiger charge is -2.07. The molecule has 1 fully saturated rings. The van der Waals surface area contributed by atoms with Gasteiger partial charge in [0.15, 0.2) is 3.95 Å². The van der Waals surface area contributed by atoms with Crippen LogP contribution in [-0.2, 0) is 4.74 Å². The highest BCUT2D eigenvalue weighted by Gasteiger charge is 2.16. The number of thiazole rings is 1. The van der Waals surface area contributed by atoms with Gasteiger partial charge in [0.2, 0.25) is 5.88 Å². The number of nitrogens with zero attached hydrogens (tertiary/aromatic N) is 1. The van der Waals surface area contributed by atoms with Crippen molar-refractivity contribution < 1.29 is 9.84 Å². The third-order valence-corrected chi connectivity index (χ3v) is 4.01. The maximum atomic E-state index is 9.70. The fourth-order valence-corrected chi connectivity index (χ4v) is 3.01. The quantitative estimate of drug-likeness (QED) is 0.654. The van der Waals surface area contributed by atoms with Crippen molar-refractivity contribution in [2.75, 3.05) is 13.2 Å². The zero-order valence-corrected chi connectivity index (χ0v) is 11.4. The van der Waals surface area contributed by atoms with Crippen molar-refractivity contribution in [3.63, 3.8) is 0 Å². The van der Waals surface area contributed by atoms with E-state index in [0.29, 0.717) is 10.5 Å². The van der Waals surface area contributed by atoms with Gasteiger partial charge in [-0.3, -0.25) is 4.99 Å². The number of aromatic nitrogens is 1. The number of hydrogen-bond acceptors (Lipinski definition) is 5. The molecule has 94 valence electrons. The van der Waals surface area contributed by atoms with Crippen LogP contribution in [0.25, 0.3) is 0 Å². The first kappa shape index (κ1) is 12.7. The smallest absolute Gasteiger partial charge is 0.209 e. The molecule has 0 aliphatic carbocycles. The summed E-state index contributed by atoms with van der Waals surface area (Å²) in [6.07, 6.45) is 3.22. The molecule has 1 aliphatic rings. The summed E-state index contributed by atoms with van der Waals surface area (Å²) < 4.78 is 6.10. The summed E-state index contributed by atoms with van der Waals surface area (Å²) in [5.74, 6) is 0.132. The second-order valence-electron chi connectivity index (χ2n) is 3.97. The summed E-state index contributed by atoms with van der Waals surface area (Å²) in [5, 5.41) is 9.70. The summed E-state index contributed by atoms with van der Waals surface area (Å²) in [7, 11) is 0. The van der Waals surface area contributed by atoms with Gasteiger partial charge < -0.3 is 14.8 Å². The van der Waals surface area contributed by atoms with Crippen LogP contribution in [0.2, 0.25) is 0 Å². The van der Waals surface area contributed by atoms with E-state index in [0.717, 1.165) is 36.5 Å². The normalized spacial score (nSPS) is 21.0. The topological polar surface area (TPSA) is 57.6 Å². The molecule has 2 heterocycles. The number of aromatic amines is 1. The molecule has 0 spiro atoms. The highest BCUT2D eigenvalue weighted by molar-refractivity contribution is 7.73. The molecule has 0 amide bonds. The number of hydrogen-bond donors (Lipinski definition) is 2. The highest BCUT2D eigenvalue weighted by Crippen LogP contribution is 2.24. The van der Waals surface area contributed by atoms with Crippen LogP contribution in [0.4, 0.5) is 0 Å². The van der Waals surface area contributed by atoms with Crippen molar-refractivity contribution in [2.24, 2.45) is 4.99 Å². The molecule has 6 heteroatoms. The lowest BCUT2D eigenvalue weighted by atomic mass is 10.2. The number of ether oxygens (including phenoxy) is 1. The Hall–Kier alpha value is -0.720. The SMILES string of the molecule is CCC(=NC[C@H]1CCCO1)c1sc(=S)[nH]c1O. The standard InChI is InChI=1S/C11H16N2O2S2/c1-2-8(9-10(14)13-11(16)17-9)12-6-7-4-3-5-15-7/h7,14H,2-6H2,1H3,(H,13,16)/t7-/m1/s1. The monoisotopic (exact) mass is 272 g/mol. The van der Waals surface area contributed by atoms with E-state index in [2.05, 4.69) is 9.98 Å². The predicted molar refractivity (Wildman–Crippen MR) is 71.8 cm³/mol. The van der Waals surface area contributed by atoms with Gasteiger partial charge >= 0.3 is 0 Å². The van der Waals surface area contributed by atoms with Gasteiger partial charge in [-0.05, 0) is 31.5 Å². The van der Waals surface area contributed by atoms with Gasteiger partial charge in [0.1, 0.15) is 4.88 Å². The molecule has 0 radical (unpaired) electrons. The van der Waals surface area contributed by atoms with Crippen LogP contribution < -0.4 is 0 Å². The first-order valence-corrected chi connectivity index (χ1v) is 7.00. The molecule has 1 saturated heterocycles. The minimum atomic E-state index is 0.132. The van der Waals surface area contributed by atoms with E-state index in [-0.39, 0.29) is 12.0 Å². The number of rotatable bonds is 4. The molecule has 1 aromatic rings. The Morgan fingerprint density at radius 2 is 2.53 bits per heavy atom. The Morgan fingerprint density at radius 1 is 1.71 bits per heavy atom. The molecule has 0 aromatic carbocycles. The summed E-state index contributed by atoms with van der Waals surface area (Å²) in [6, 6.07) is 0. The summed E-state index contributed by atoms with van der Waals surface area (Å²) >= 11 is 6.37. The highest BCUT2D eigenvalue weighted by atomic mass is 32.1. The van der Waals surface area contributed by atoms with Crippen LogP contribution in [0.1, 0.15) is 31.1 Å². The number of nitrogens with one attached hydrogen (secondary N) is 1. The lowest BCUT2D eigenvalue weighted by molar-refractivity contribution is 0.118. The van der Waals surface area contributed by atoms with Crippen LogP contribution in [0.15, 0.2) is 4.99 Å². The number of aromatic hydroxyl groups is 1. The van der Waals surface area contributed by atoms with Gasteiger partial charge in [0.05, 0.1) is 18.4 Å². The summed E-state index contributed by atoms with van der Waals surface area (Å²) in [5.41, 5.74) is 0.898. The molecule has 2 rings (SSSR count). The molecular weight excluding hydrogens is 256 g/mol. The van der Waals surface area contributed by atoms with Crippen molar-refractivity contribution in [1.29, 1.82) is 0 Å². The Morgan fingerprint density at radius 3 is 3.06 bits per heavy atom. The van der Waals surface area contributed by atoms with Crippen molar-refractivity contribution in [2.45, 2.75) is 32.3 Å². The van der Waals surface area contributed by atoms with Crippen molar-refractivity contribution in [3.8, 4) is 5.88 Å². The average Bonchev–Trinajstić information content (AvgIpc) is 2.90. The fraction of sp³-hybridized carbons (Fsp3) is 0.636. The molecular formula is C11H16N2O2S2. The molecule has 4 nitrogen and oxygen atoms in total. The Bertz CT molecular complexity index is 458. The predicted octanol–water partition coefficient (Wildman–Crippen LogP) is 2.89. The van der Waals surface area contributed by atoms with E-state index in [1.165, 1.54) is 11.3 Å². The largest absolute Gasteiger partial charge is 0.493 e. The molecule has 0 unspecified atom stereocenters. The molecule has 1 aromatic heterocycles. The maximum absolute atomic E-state index is 9.70. The van der Waals surface area contributed by atoms with E-state index in [4.69, 9.17) is 17.0 Å². The van der Waals surface area contributed by atoms with E-state index in [1.807, 2.05) is 6.92 Å². The third kappa shape index (κ3) is 3.14. The van der Waals surface area contributed by atoms with Gasteiger partial charge in [-0.15, -0.1) is 0 Å². The van der Waals surface area contributed by atoms with E-state index >= 15 is 0 Å². The van der Waals surface area contributed by atoms with E-state index < -0.39 is 0 Å².